The number of nitrogens with zero attached hydrogens (tertiary/aromatic N) is 2. The van der Waals surface area contributed by atoms with Crippen LogP contribution in [0.3, 0.4) is 0 Å². The number of carbonyl (C=O) groups excluding carboxylic acids is 2. The lowest BCUT2D eigenvalue weighted by atomic mass is 9.92. The summed E-state index contributed by atoms with van der Waals surface area (Å²) in [5.41, 5.74) is 0.599. The van der Waals surface area contributed by atoms with Gasteiger partial charge in [-0.1, -0.05) is 34.4 Å². The van der Waals surface area contributed by atoms with Crippen molar-refractivity contribution < 1.29 is 14.1 Å². The van der Waals surface area contributed by atoms with Crippen molar-refractivity contribution in [1.29, 1.82) is 0 Å². The van der Waals surface area contributed by atoms with Crippen LogP contribution in [-0.4, -0.2) is 22.0 Å². The summed E-state index contributed by atoms with van der Waals surface area (Å²) in [5, 5.41) is 7.34. The molecule has 1 N–H and O–H groups in total. The Balaban J connectivity index is 1.96. The van der Waals surface area contributed by atoms with E-state index in [0.29, 0.717) is 32.6 Å². The third-order valence-corrected chi connectivity index (χ3v) is 4.79. The molecule has 1 aliphatic heterocycles. The van der Waals surface area contributed by atoms with E-state index in [-0.39, 0.29) is 6.54 Å². The van der Waals surface area contributed by atoms with Crippen LogP contribution in [0, 0.1) is 13.8 Å². The number of aromatic nitrogens is 1. The molecule has 0 radical (unpaired) electrons. The van der Waals surface area contributed by atoms with Crippen LogP contribution in [0.4, 0.5) is 4.79 Å². The normalized spacial score (nSPS) is 20.6. The minimum atomic E-state index is -1.25. The zero-order chi connectivity index (χ0) is 17.6. The molecule has 2 heterocycles. The van der Waals surface area contributed by atoms with Crippen LogP contribution in [0.1, 0.15) is 29.5 Å². The fraction of sp³-hybridized carbons (Fsp3) is 0.312. The molecule has 0 saturated carbocycles. The van der Waals surface area contributed by atoms with Crippen molar-refractivity contribution in [3.63, 3.8) is 0 Å². The van der Waals surface area contributed by atoms with E-state index in [1.165, 1.54) is 0 Å². The van der Waals surface area contributed by atoms with Crippen LogP contribution >= 0.6 is 23.2 Å². The highest BCUT2D eigenvalue weighted by atomic mass is 35.5. The molecule has 1 saturated heterocycles. The molecule has 3 rings (SSSR count). The smallest absolute Gasteiger partial charge is 0.325 e. The summed E-state index contributed by atoms with van der Waals surface area (Å²) in [7, 11) is 0. The average Bonchev–Trinajstić information content (AvgIpc) is 2.92. The number of urea groups is 1. The van der Waals surface area contributed by atoms with Gasteiger partial charge < -0.3 is 9.84 Å². The highest BCUT2D eigenvalue weighted by Gasteiger charge is 2.50. The van der Waals surface area contributed by atoms with E-state index >= 15 is 0 Å². The molecule has 8 heteroatoms. The monoisotopic (exact) mass is 367 g/mol. The maximum absolute atomic E-state index is 12.9. The highest BCUT2D eigenvalue weighted by Crippen LogP contribution is 2.35. The first-order valence-electron chi connectivity index (χ1n) is 7.25. The first-order valence-corrected chi connectivity index (χ1v) is 8.01. The summed E-state index contributed by atoms with van der Waals surface area (Å²) in [4.78, 5) is 26.4. The van der Waals surface area contributed by atoms with Gasteiger partial charge in [0.1, 0.15) is 11.3 Å². The van der Waals surface area contributed by atoms with Gasteiger partial charge in [0.25, 0.3) is 5.91 Å². The number of aryl methyl sites for hydroxylation is 2. The molecular weight excluding hydrogens is 353 g/mol. The number of halogens is 2. The van der Waals surface area contributed by atoms with E-state index < -0.39 is 17.5 Å². The Labute approximate surface area is 148 Å². The molecule has 6 nitrogen and oxygen atoms in total. The Bertz CT molecular complexity index is 830. The van der Waals surface area contributed by atoms with Gasteiger partial charge in [-0.15, -0.1) is 0 Å². The third-order valence-electron chi connectivity index (χ3n) is 4.24. The molecule has 2 aromatic rings. The van der Waals surface area contributed by atoms with Crippen molar-refractivity contribution in [2.75, 3.05) is 0 Å². The Morgan fingerprint density at radius 2 is 2.00 bits per heavy atom. The molecule has 1 aromatic heterocycles. The summed E-state index contributed by atoms with van der Waals surface area (Å²) in [6, 6.07) is 4.32. The van der Waals surface area contributed by atoms with Gasteiger partial charge in [-0.25, -0.2) is 4.79 Å². The van der Waals surface area contributed by atoms with Gasteiger partial charge in [0.2, 0.25) is 0 Å². The van der Waals surface area contributed by atoms with E-state index in [2.05, 4.69) is 10.5 Å². The minimum Gasteiger partial charge on any atom is -0.361 e. The number of imide groups is 1. The molecule has 0 spiro atoms. The first kappa shape index (κ1) is 16.8. The zero-order valence-corrected chi connectivity index (χ0v) is 14.8. The van der Waals surface area contributed by atoms with Crippen molar-refractivity contribution in [2.24, 2.45) is 0 Å². The van der Waals surface area contributed by atoms with Crippen molar-refractivity contribution in [1.82, 2.24) is 15.4 Å². The summed E-state index contributed by atoms with van der Waals surface area (Å²) in [5.74, 6) is 0.183. The van der Waals surface area contributed by atoms with E-state index in [9.17, 15) is 9.59 Å². The van der Waals surface area contributed by atoms with Crippen LogP contribution in [0.2, 0.25) is 10.0 Å². The topological polar surface area (TPSA) is 75.4 Å². The van der Waals surface area contributed by atoms with E-state index in [1.54, 1.807) is 39.0 Å². The molecule has 1 aliphatic rings. The molecule has 126 valence electrons. The number of amides is 3. The third kappa shape index (κ3) is 2.56. The molecule has 0 bridgehead atoms. The zero-order valence-electron chi connectivity index (χ0n) is 13.3. The molecule has 3 amide bonds. The van der Waals surface area contributed by atoms with E-state index in [4.69, 9.17) is 27.7 Å². The predicted molar refractivity (Wildman–Crippen MR) is 88.9 cm³/mol. The fourth-order valence-corrected chi connectivity index (χ4v) is 3.40. The van der Waals surface area contributed by atoms with Gasteiger partial charge >= 0.3 is 6.03 Å². The Morgan fingerprint density at radius 1 is 1.29 bits per heavy atom. The maximum atomic E-state index is 12.9. The second-order valence-corrected chi connectivity index (χ2v) is 6.72. The van der Waals surface area contributed by atoms with E-state index in [1.807, 2.05) is 0 Å². The lowest BCUT2D eigenvalue weighted by molar-refractivity contribution is -0.131. The Hall–Kier alpha value is -2.05. The fourth-order valence-electron chi connectivity index (χ4n) is 2.80. The van der Waals surface area contributed by atoms with Crippen LogP contribution in [0.25, 0.3) is 0 Å². The van der Waals surface area contributed by atoms with Crippen LogP contribution < -0.4 is 5.32 Å². The van der Waals surface area contributed by atoms with Gasteiger partial charge in [-0.05, 0) is 32.9 Å². The first-order chi connectivity index (χ1) is 11.2. The van der Waals surface area contributed by atoms with Crippen LogP contribution in [0.15, 0.2) is 22.7 Å². The van der Waals surface area contributed by atoms with Crippen LogP contribution in [0.5, 0.6) is 0 Å². The second-order valence-electron chi connectivity index (χ2n) is 5.87. The van der Waals surface area contributed by atoms with E-state index in [0.717, 1.165) is 4.90 Å². The van der Waals surface area contributed by atoms with Crippen molar-refractivity contribution in [3.8, 4) is 0 Å². The largest absolute Gasteiger partial charge is 0.361 e. The molecule has 0 unspecified atom stereocenters. The number of rotatable bonds is 3. The van der Waals surface area contributed by atoms with Gasteiger partial charge in [0.15, 0.2) is 0 Å². The Morgan fingerprint density at radius 3 is 2.58 bits per heavy atom. The summed E-state index contributed by atoms with van der Waals surface area (Å²) >= 11 is 12.1. The average molecular weight is 368 g/mol. The predicted octanol–water partition coefficient (Wildman–Crippen LogP) is 3.57. The summed E-state index contributed by atoms with van der Waals surface area (Å²) < 4.78 is 5.09. The Kier molecular flexibility index (Phi) is 4.05. The van der Waals surface area contributed by atoms with Gasteiger partial charge in [0, 0.05) is 21.2 Å². The second kappa shape index (κ2) is 5.79. The molecule has 24 heavy (non-hydrogen) atoms. The number of benzene rings is 1. The summed E-state index contributed by atoms with van der Waals surface area (Å²) in [6.07, 6.45) is 0. The van der Waals surface area contributed by atoms with Crippen LogP contribution in [-0.2, 0) is 16.9 Å². The van der Waals surface area contributed by atoms with Crippen molar-refractivity contribution >= 4 is 35.1 Å². The highest BCUT2D eigenvalue weighted by molar-refractivity contribution is 6.35. The van der Waals surface area contributed by atoms with Gasteiger partial charge in [0.05, 0.1) is 12.2 Å². The maximum Gasteiger partial charge on any atom is 0.325 e. The number of nitrogens with one attached hydrogen (secondary N) is 1. The van der Waals surface area contributed by atoms with Crippen molar-refractivity contribution in [3.05, 3.63) is 50.8 Å². The minimum absolute atomic E-state index is 0.0899. The molecule has 1 fully saturated rings. The molecular formula is C16H15Cl2N3O3. The van der Waals surface area contributed by atoms with Crippen molar-refractivity contribution in [2.45, 2.75) is 32.9 Å². The number of hydrogen-bond acceptors (Lipinski definition) is 4. The quantitative estimate of drug-likeness (QED) is 0.841. The molecule has 0 aliphatic carbocycles. The standard InChI is InChI=1S/C16H15Cl2N3O3/c1-8-11(9(2)24-20-8)7-21-14(22)16(3,19-15(21)23)12-5-4-10(17)6-13(12)18/h4-6H,7H2,1-3H3,(H,19,23)/t16-/m1/s1. The lowest BCUT2D eigenvalue weighted by Gasteiger charge is -2.23. The number of carbonyl (C=O) groups is 2. The molecule has 1 aromatic carbocycles. The van der Waals surface area contributed by atoms with Gasteiger partial charge in [-0.3, -0.25) is 9.69 Å². The molecule has 1 atom stereocenters. The van der Waals surface area contributed by atoms with Gasteiger partial charge in [-0.2, -0.15) is 0 Å². The SMILES string of the molecule is Cc1noc(C)c1CN1C(=O)N[C@](C)(c2ccc(Cl)cc2Cl)C1=O. The number of hydrogen-bond donors (Lipinski definition) is 1. The summed E-state index contributed by atoms with van der Waals surface area (Å²) in [6.45, 7) is 5.21. The lowest BCUT2D eigenvalue weighted by Crippen LogP contribution is -2.41.